The van der Waals surface area contributed by atoms with Crippen LogP contribution in [0.15, 0.2) is 0 Å². The van der Waals surface area contributed by atoms with Gasteiger partial charge in [-0.2, -0.15) is 0 Å². The van der Waals surface area contributed by atoms with Crippen LogP contribution < -0.4 is 22.1 Å². The molecule has 0 aliphatic heterocycles. The van der Waals surface area contributed by atoms with Crippen molar-refractivity contribution in [3.63, 3.8) is 0 Å². The first-order chi connectivity index (χ1) is 10.4. The Morgan fingerprint density at radius 1 is 1.13 bits per heavy atom. The smallest absolute Gasteiger partial charge is 0.312 e. The molecule has 134 valence electrons. The Hall–Kier alpha value is -1.63. The summed E-state index contributed by atoms with van der Waals surface area (Å²) in [6.07, 6.45) is 1.16. The molecule has 0 aromatic carbocycles. The van der Waals surface area contributed by atoms with Crippen molar-refractivity contribution in [1.82, 2.24) is 10.6 Å². The zero-order valence-corrected chi connectivity index (χ0v) is 14.9. The molecule has 0 rings (SSSR count). The largest absolute Gasteiger partial charge is 0.352 e. The number of Topliss-reactive ketones (excluding diaryl/α,β-unsaturated/α-hetero) is 1. The lowest BCUT2D eigenvalue weighted by molar-refractivity contribution is -0.131. The average molecular weight is 328 g/mol. The molecule has 0 fully saturated rings. The molecular weight excluding hydrogens is 296 g/mol. The molecule has 0 heterocycles. The molecule has 0 saturated heterocycles. The summed E-state index contributed by atoms with van der Waals surface area (Å²) in [5.41, 5.74) is 10.5. The van der Waals surface area contributed by atoms with Crippen LogP contribution in [0.5, 0.6) is 0 Å². The average Bonchev–Trinajstić information content (AvgIpc) is 2.38. The van der Waals surface area contributed by atoms with Gasteiger partial charge in [-0.25, -0.2) is 4.79 Å². The first kappa shape index (κ1) is 21.4. The summed E-state index contributed by atoms with van der Waals surface area (Å²) in [7, 11) is 0. The summed E-state index contributed by atoms with van der Waals surface area (Å²) in [4.78, 5) is 35.3. The van der Waals surface area contributed by atoms with Crippen molar-refractivity contribution in [2.45, 2.75) is 65.5 Å². The van der Waals surface area contributed by atoms with Crippen molar-refractivity contribution in [1.29, 1.82) is 0 Å². The van der Waals surface area contributed by atoms with E-state index >= 15 is 0 Å². The minimum absolute atomic E-state index is 0.0327. The number of carbonyl (C=O) groups is 3. The third kappa shape index (κ3) is 9.89. The number of primary amides is 1. The molecule has 2 atom stereocenters. The predicted molar refractivity (Wildman–Crippen MR) is 90.6 cm³/mol. The Bertz CT molecular complexity index is 416. The van der Waals surface area contributed by atoms with Crippen LogP contribution in [0.2, 0.25) is 0 Å². The highest BCUT2D eigenvalue weighted by Gasteiger charge is 2.27. The predicted octanol–water partition coefficient (Wildman–Crippen LogP) is 0.908. The molecule has 0 unspecified atom stereocenters. The molecule has 7 heteroatoms. The SMILES string of the molecule is CC(C)[C@H](N)C(=O)C[C@@H](CCCNC(N)=O)C(=O)NC(C)(C)C. The second-order valence-corrected chi connectivity index (χ2v) is 7.31. The van der Waals surface area contributed by atoms with Crippen LogP contribution in [-0.4, -0.2) is 35.8 Å². The van der Waals surface area contributed by atoms with Gasteiger partial charge in [-0.15, -0.1) is 0 Å². The van der Waals surface area contributed by atoms with Crippen molar-refractivity contribution in [2.75, 3.05) is 6.54 Å². The van der Waals surface area contributed by atoms with Gasteiger partial charge >= 0.3 is 6.03 Å². The molecule has 7 nitrogen and oxygen atoms in total. The van der Waals surface area contributed by atoms with Crippen molar-refractivity contribution in [2.24, 2.45) is 23.3 Å². The third-order valence-corrected chi connectivity index (χ3v) is 3.44. The fraction of sp³-hybridized carbons (Fsp3) is 0.812. The van der Waals surface area contributed by atoms with Gasteiger partial charge in [0, 0.05) is 24.4 Å². The van der Waals surface area contributed by atoms with Crippen molar-refractivity contribution < 1.29 is 14.4 Å². The first-order valence-electron chi connectivity index (χ1n) is 8.07. The highest BCUT2D eigenvalue weighted by Crippen LogP contribution is 2.16. The van der Waals surface area contributed by atoms with Gasteiger partial charge in [0.25, 0.3) is 0 Å². The van der Waals surface area contributed by atoms with E-state index < -0.39 is 18.0 Å². The van der Waals surface area contributed by atoms with Crippen molar-refractivity contribution in [3.05, 3.63) is 0 Å². The van der Waals surface area contributed by atoms with Gasteiger partial charge in [-0.1, -0.05) is 13.8 Å². The molecule has 0 saturated carbocycles. The van der Waals surface area contributed by atoms with E-state index in [2.05, 4.69) is 10.6 Å². The van der Waals surface area contributed by atoms with Gasteiger partial charge in [-0.3, -0.25) is 9.59 Å². The summed E-state index contributed by atoms with van der Waals surface area (Å²) in [5, 5.41) is 5.38. The van der Waals surface area contributed by atoms with E-state index in [1.807, 2.05) is 34.6 Å². The van der Waals surface area contributed by atoms with Crippen LogP contribution in [0, 0.1) is 11.8 Å². The minimum atomic E-state index is -0.599. The van der Waals surface area contributed by atoms with Gasteiger partial charge in [0.15, 0.2) is 5.78 Å². The first-order valence-corrected chi connectivity index (χ1v) is 8.07. The molecule has 6 N–H and O–H groups in total. The quantitative estimate of drug-likeness (QED) is 0.469. The third-order valence-electron chi connectivity index (χ3n) is 3.44. The Labute approximate surface area is 138 Å². The standard InChI is InChI=1S/C16H32N4O3/c1-10(2)13(17)12(21)9-11(7-6-8-19-15(18)23)14(22)20-16(3,4)5/h10-11,13H,6-9,17H2,1-5H3,(H,20,22)(H3,18,19,23)/t11-,13+/m1/s1. The van der Waals surface area contributed by atoms with E-state index in [0.29, 0.717) is 19.4 Å². The number of hydrogen-bond donors (Lipinski definition) is 4. The highest BCUT2D eigenvalue weighted by molar-refractivity contribution is 5.90. The molecule has 0 bridgehead atoms. The Morgan fingerprint density at radius 3 is 2.13 bits per heavy atom. The number of nitrogens with one attached hydrogen (secondary N) is 2. The molecule has 3 amide bonds. The minimum Gasteiger partial charge on any atom is -0.352 e. The number of carbonyl (C=O) groups excluding carboxylic acids is 3. The van der Waals surface area contributed by atoms with E-state index in [-0.39, 0.29) is 29.6 Å². The second kappa shape index (κ2) is 9.50. The molecular formula is C16H32N4O3. The number of amides is 3. The Kier molecular flexibility index (Phi) is 8.82. The van der Waals surface area contributed by atoms with Gasteiger partial charge in [0.2, 0.25) is 5.91 Å². The molecule has 0 aliphatic carbocycles. The van der Waals surface area contributed by atoms with Crippen LogP contribution in [0.4, 0.5) is 4.79 Å². The highest BCUT2D eigenvalue weighted by atomic mass is 16.2. The maximum atomic E-state index is 12.4. The fourth-order valence-corrected chi connectivity index (χ4v) is 2.11. The summed E-state index contributed by atoms with van der Waals surface area (Å²) in [6.45, 7) is 9.79. The molecule has 0 aromatic rings. The molecule has 0 aliphatic rings. The summed E-state index contributed by atoms with van der Waals surface area (Å²) in [5.74, 6) is -0.704. The van der Waals surface area contributed by atoms with Crippen LogP contribution in [0.25, 0.3) is 0 Å². The topological polar surface area (TPSA) is 127 Å². The van der Waals surface area contributed by atoms with Crippen LogP contribution >= 0.6 is 0 Å². The van der Waals surface area contributed by atoms with Gasteiger partial charge in [0.05, 0.1) is 6.04 Å². The van der Waals surface area contributed by atoms with Crippen molar-refractivity contribution in [3.8, 4) is 0 Å². The number of rotatable bonds is 9. The summed E-state index contributed by atoms with van der Waals surface area (Å²) in [6, 6.07) is -1.16. The van der Waals surface area contributed by atoms with Gasteiger partial charge in [-0.05, 0) is 39.5 Å². The number of urea groups is 1. The summed E-state index contributed by atoms with van der Waals surface area (Å²) < 4.78 is 0. The molecule has 0 radical (unpaired) electrons. The number of ketones is 1. The molecule has 0 aromatic heterocycles. The van der Waals surface area contributed by atoms with E-state index in [1.165, 1.54) is 0 Å². The number of nitrogens with two attached hydrogens (primary N) is 2. The monoisotopic (exact) mass is 328 g/mol. The zero-order chi connectivity index (χ0) is 18.2. The van der Waals surface area contributed by atoms with E-state index in [1.54, 1.807) is 0 Å². The van der Waals surface area contributed by atoms with Gasteiger partial charge < -0.3 is 22.1 Å². The Balaban J connectivity index is 4.75. The van der Waals surface area contributed by atoms with Crippen LogP contribution in [0.1, 0.15) is 53.9 Å². The maximum Gasteiger partial charge on any atom is 0.312 e. The second-order valence-electron chi connectivity index (χ2n) is 7.31. The van der Waals surface area contributed by atoms with E-state index in [9.17, 15) is 14.4 Å². The Morgan fingerprint density at radius 2 is 1.70 bits per heavy atom. The van der Waals surface area contributed by atoms with E-state index in [0.717, 1.165) is 0 Å². The van der Waals surface area contributed by atoms with Gasteiger partial charge in [0.1, 0.15) is 0 Å². The van der Waals surface area contributed by atoms with Crippen LogP contribution in [-0.2, 0) is 9.59 Å². The summed E-state index contributed by atoms with van der Waals surface area (Å²) >= 11 is 0. The zero-order valence-electron chi connectivity index (χ0n) is 14.9. The van der Waals surface area contributed by atoms with Crippen molar-refractivity contribution >= 4 is 17.7 Å². The lowest BCUT2D eigenvalue weighted by atomic mass is 9.89. The maximum absolute atomic E-state index is 12.4. The number of hydrogen-bond acceptors (Lipinski definition) is 4. The molecule has 23 heavy (non-hydrogen) atoms. The lowest BCUT2D eigenvalue weighted by Gasteiger charge is -2.25. The normalized spacial score (nSPS) is 14.2. The molecule has 0 spiro atoms. The van der Waals surface area contributed by atoms with Crippen LogP contribution in [0.3, 0.4) is 0 Å². The lowest BCUT2D eigenvalue weighted by Crippen LogP contribution is -2.46. The fourth-order valence-electron chi connectivity index (χ4n) is 2.11. The van der Waals surface area contributed by atoms with E-state index in [4.69, 9.17) is 11.5 Å².